The van der Waals surface area contributed by atoms with E-state index < -0.39 is 0 Å². The van der Waals surface area contributed by atoms with Gasteiger partial charge in [0.2, 0.25) is 0 Å². The van der Waals surface area contributed by atoms with Gasteiger partial charge in [0.25, 0.3) is 0 Å². The maximum Gasteiger partial charge on any atom is 0.0946 e. The van der Waals surface area contributed by atoms with Crippen molar-refractivity contribution in [1.29, 1.82) is 5.26 Å². The molecule has 0 saturated heterocycles. The molecule has 0 aliphatic rings. The highest BCUT2D eigenvalue weighted by Gasteiger charge is 2.19. The standard InChI is InChI=1S/C39H63N3/c1-12-17-19-34(14-3)27-42(16-5)28-35(20-18-13-2)21-22-37-24-29(6)23-31(8)38(37)39(41-11)36(15-4)25-30(7)33(10)32(9)26-40/h23-25,34-35H,11-22,27-28H2,1-10H3/b30-25+,33-32+,39-36+. The Morgan fingerprint density at radius 3 is 2.10 bits per heavy atom. The average Bonchev–Trinajstić information content (AvgIpc) is 2.99. The number of rotatable bonds is 20. The first-order chi connectivity index (χ1) is 20.1. The molecule has 0 amide bonds. The Bertz CT molecular complexity index is 1110. The van der Waals surface area contributed by atoms with Crippen LogP contribution >= 0.6 is 0 Å². The molecule has 234 valence electrons. The normalized spacial score (nSPS) is 14.8. The van der Waals surface area contributed by atoms with Gasteiger partial charge < -0.3 is 4.90 Å². The molecule has 0 saturated carbocycles. The van der Waals surface area contributed by atoms with E-state index in [0.717, 1.165) is 47.7 Å². The van der Waals surface area contributed by atoms with E-state index in [4.69, 9.17) is 0 Å². The van der Waals surface area contributed by atoms with E-state index in [1.54, 1.807) is 0 Å². The molecule has 42 heavy (non-hydrogen) atoms. The first-order valence-corrected chi connectivity index (χ1v) is 16.9. The highest BCUT2D eigenvalue weighted by atomic mass is 15.1. The van der Waals surface area contributed by atoms with Crippen LogP contribution in [0.3, 0.4) is 0 Å². The summed E-state index contributed by atoms with van der Waals surface area (Å²) in [4.78, 5) is 7.40. The smallest absolute Gasteiger partial charge is 0.0946 e. The van der Waals surface area contributed by atoms with Gasteiger partial charge in [-0.2, -0.15) is 5.26 Å². The topological polar surface area (TPSA) is 39.4 Å². The fraction of sp³-hybridized carbons (Fsp3) is 0.641. The minimum Gasteiger partial charge on any atom is -0.303 e. The minimum absolute atomic E-state index is 0.695. The lowest BCUT2D eigenvalue weighted by molar-refractivity contribution is 0.187. The second-order valence-corrected chi connectivity index (χ2v) is 12.5. The molecule has 0 aromatic heterocycles. The third kappa shape index (κ3) is 12.0. The summed E-state index contributed by atoms with van der Waals surface area (Å²) in [6, 6.07) is 6.97. The van der Waals surface area contributed by atoms with Crippen molar-refractivity contribution in [2.24, 2.45) is 16.8 Å². The predicted molar refractivity (Wildman–Crippen MR) is 187 cm³/mol. The Balaban J connectivity index is 3.44. The Hall–Kier alpha value is -2.44. The van der Waals surface area contributed by atoms with E-state index >= 15 is 0 Å². The van der Waals surface area contributed by atoms with Crippen molar-refractivity contribution in [3.05, 3.63) is 62.8 Å². The molecule has 3 heteroatoms. The number of hydrogen-bond donors (Lipinski definition) is 0. The number of nitriles is 1. The van der Waals surface area contributed by atoms with E-state index in [1.165, 1.54) is 92.3 Å². The van der Waals surface area contributed by atoms with E-state index in [-0.39, 0.29) is 0 Å². The molecule has 2 unspecified atom stereocenters. The molecule has 0 spiro atoms. The molecule has 0 fully saturated rings. The van der Waals surface area contributed by atoms with Gasteiger partial charge in [0.1, 0.15) is 0 Å². The number of unbranched alkanes of at least 4 members (excludes halogenated alkanes) is 2. The summed E-state index contributed by atoms with van der Waals surface area (Å²) in [5.41, 5.74) is 10.3. The summed E-state index contributed by atoms with van der Waals surface area (Å²) in [6.45, 7) is 29.6. The number of allylic oxidation sites excluding steroid dienone is 5. The Morgan fingerprint density at radius 1 is 0.952 bits per heavy atom. The number of hydrogen-bond acceptors (Lipinski definition) is 3. The lowest BCUT2D eigenvalue weighted by Gasteiger charge is -2.30. The summed E-state index contributed by atoms with van der Waals surface area (Å²) in [7, 11) is 0. The zero-order chi connectivity index (χ0) is 31.7. The maximum absolute atomic E-state index is 9.42. The molecule has 1 rings (SSSR count). The van der Waals surface area contributed by atoms with Crippen LogP contribution in [0.15, 0.2) is 45.5 Å². The molecule has 0 bridgehead atoms. The molecule has 0 aliphatic heterocycles. The Labute approximate surface area is 260 Å². The minimum atomic E-state index is 0.695. The molecular formula is C39H63N3. The number of aryl methyl sites for hydroxylation is 3. The number of aliphatic imine (C=N–C) groups is 1. The SMILES string of the molecule is C=N/C(=C(/C=C(C)/C(C)=C(\C)C#N)CC)c1c(C)cc(C)cc1CCC(CCCC)CN(CC)CC(CC)CCCC. The predicted octanol–water partition coefficient (Wildman–Crippen LogP) is 11.2. The van der Waals surface area contributed by atoms with Gasteiger partial charge >= 0.3 is 0 Å². The second kappa shape index (κ2) is 20.5. The molecule has 2 atom stereocenters. The van der Waals surface area contributed by atoms with Gasteiger partial charge in [0.05, 0.1) is 11.8 Å². The van der Waals surface area contributed by atoms with Gasteiger partial charge in [-0.1, -0.05) is 90.5 Å². The van der Waals surface area contributed by atoms with E-state index in [9.17, 15) is 5.26 Å². The third-order valence-corrected chi connectivity index (χ3v) is 9.17. The molecule has 0 heterocycles. The van der Waals surface area contributed by atoms with Crippen LogP contribution in [0.1, 0.15) is 135 Å². The second-order valence-electron chi connectivity index (χ2n) is 12.5. The Kier molecular flexibility index (Phi) is 18.3. The fourth-order valence-electron chi connectivity index (χ4n) is 6.18. The molecule has 0 N–H and O–H groups in total. The molecule has 1 aromatic rings. The summed E-state index contributed by atoms with van der Waals surface area (Å²) >= 11 is 0. The molecule has 1 aromatic carbocycles. The van der Waals surface area contributed by atoms with Crippen molar-refractivity contribution in [3.8, 4) is 6.07 Å². The Morgan fingerprint density at radius 2 is 1.57 bits per heavy atom. The van der Waals surface area contributed by atoms with Crippen molar-refractivity contribution in [2.45, 2.75) is 133 Å². The molecule has 0 radical (unpaired) electrons. The van der Waals surface area contributed by atoms with Crippen LogP contribution in [0.2, 0.25) is 0 Å². The molecule has 0 aliphatic carbocycles. The van der Waals surface area contributed by atoms with Gasteiger partial charge in [-0.25, -0.2) is 0 Å². The monoisotopic (exact) mass is 574 g/mol. The molecule has 3 nitrogen and oxygen atoms in total. The summed E-state index contributed by atoms with van der Waals surface area (Å²) in [5, 5.41) is 9.42. The van der Waals surface area contributed by atoms with Gasteiger partial charge in [-0.05, 0) is 120 Å². The van der Waals surface area contributed by atoms with Crippen LogP contribution in [0, 0.1) is 37.0 Å². The zero-order valence-corrected chi connectivity index (χ0v) is 29.1. The van der Waals surface area contributed by atoms with Gasteiger partial charge in [-0.15, -0.1) is 0 Å². The first kappa shape index (κ1) is 37.6. The van der Waals surface area contributed by atoms with Crippen LogP contribution < -0.4 is 0 Å². The number of benzene rings is 1. The quantitative estimate of drug-likeness (QED) is 0.0884. The van der Waals surface area contributed by atoms with Crippen molar-refractivity contribution in [1.82, 2.24) is 4.90 Å². The fourth-order valence-corrected chi connectivity index (χ4v) is 6.18. The van der Waals surface area contributed by atoms with Crippen molar-refractivity contribution < 1.29 is 0 Å². The van der Waals surface area contributed by atoms with Gasteiger partial charge in [0.15, 0.2) is 0 Å². The van der Waals surface area contributed by atoms with E-state index in [1.807, 2.05) is 13.8 Å². The van der Waals surface area contributed by atoms with Crippen molar-refractivity contribution in [2.75, 3.05) is 19.6 Å². The maximum atomic E-state index is 9.42. The van der Waals surface area contributed by atoms with E-state index in [0.29, 0.717) is 5.92 Å². The summed E-state index contributed by atoms with van der Waals surface area (Å²) in [5.74, 6) is 1.51. The zero-order valence-electron chi connectivity index (χ0n) is 29.1. The van der Waals surface area contributed by atoms with Crippen molar-refractivity contribution >= 4 is 12.4 Å². The third-order valence-electron chi connectivity index (χ3n) is 9.17. The number of nitrogens with zero attached hydrogens (tertiary/aromatic N) is 3. The average molecular weight is 574 g/mol. The summed E-state index contributed by atoms with van der Waals surface area (Å²) in [6.07, 6.45) is 14.5. The molecular weight excluding hydrogens is 510 g/mol. The lowest BCUT2D eigenvalue weighted by atomic mass is 9.87. The van der Waals surface area contributed by atoms with Crippen LogP contribution in [0.25, 0.3) is 5.70 Å². The lowest BCUT2D eigenvalue weighted by Crippen LogP contribution is -2.34. The van der Waals surface area contributed by atoms with Gasteiger partial charge in [-0.3, -0.25) is 4.99 Å². The van der Waals surface area contributed by atoms with Crippen LogP contribution in [0.4, 0.5) is 0 Å². The van der Waals surface area contributed by atoms with Crippen molar-refractivity contribution in [3.63, 3.8) is 0 Å². The summed E-state index contributed by atoms with van der Waals surface area (Å²) < 4.78 is 0. The highest BCUT2D eigenvalue weighted by Crippen LogP contribution is 2.33. The van der Waals surface area contributed by atoms with E-state index in [2.05, 4.69) is 96.3 Å². The largest absolute Gasteiger partial charge is 0.303 e. The van der Waals surface area contributed by atoms with Gasteiger partial charge in [0, 0.05) is 24.2 Å². The first-order valence-electron chi connectivity index (χ1n) is 16.9. The van der Waals surface area contributed by atoms with Crippen LogP contribution in [-0.4, -0.2) is 31.3 Å². The van der Waals surface area contributed by atoms with Crippen LogP contribution in [0.5, 0.6) is 0 Å². The van der Waals surface area contributed by atoms with Crippen LogP contribution in [-0.2, 0) is 6.42 Å². The highest BCUT2D eigenvalue weighted by molar-refractivity contribution is 5.77.